The second kappa shape index (κ2) is 8.41. The Morgan fingerprint density at radius 2 is 2.25 bits per heavy atom. The fourth-order valence-electron chi connectivity index (χ4n) is 1.50. The van der Waals surface area contributed by atoms with E-state index in [4.69, 9.17) is 26.3 Å². The molecule has 0 radical (unpaired) electrons. The van der Waals surface area contributed by atoms with Crippen molar-refractivity contribution in [2.75, 3.05) is 25.6 Å². The second-order valence-electron chi connectivity index (χ2n) is 4.07. The van der Waals surface area contributed by atoms with Gasteiger partial charge in [0.05, 0.1) is 17.7 Å². The Labute approximate surface area is 123 Å². The first kappa shape index (κ1) is 16.3. The van der Waals surface area contributed by atoms with Gasteiger partial charge in [-0.15, -0.1) is 0 Å². The average molecular weight is 297 g/mol. The van der Waals surface area contributed by atoms with E-state index in [1.54, 1.807) is 32.2 Å². The summed E-state index contributed by atoms with van der Waals surface area (Å²) in [6.07, 6.45) is 0.467. The molecule has 0 aliphatic heterocycles. The van der Waals surface area contributed by atoms with Crippen molar-refractivity contribution in [2.45, 2.75) is 13.3 Å². The minimum atomic E-state index is -0.661. The van der Waals surface area contributed by atoms with Crippen LogP contribution in [0.5, 0.6) is 5.75 Å². The Kier molecular flexibility index (Phi) is 6.85. The fourth-order valence-corrected chi connectivity index (χ4v) is 1.73. The van der Waals surface area contributed by atoms with Crippen molar-refractivity contribution in [3.63, 3.8) is 0 Å². The summed E-state index contributed by atoms with van der Waals surface area (Å²) in [5.74, 6) is -0.473. The molecule has 0 bridgehead atoms. The molecule has 1 aromatic carbocycles. The highest BCUT2D eigenvalue weighted by Gasteiger charge is 2.15. The average Bonchev–Trinajstić information content (AvgIpc) is 2.43. The van der Waals surface area contributed by atoms with Crippen molar-refractivity contribution in [3.8, 4) is 11.8 Å². The van der Waals surface area contributed by atoms with Crippen LogP contribution in [-0.4, -0.2) is 26.2 Å². The van der Waals surface area contributed by atoms with E-state index in [0.717, 1.165) is 0 Å². The van der Waals surface area contributed by atoms with Gasteiger partial charge in [0.1, 0.15) is 18.3 Å². The maximum Gasteiger partial charge on any atom is 0.241 e. The number of nitriles is 1. The number of hydrogen-bond acceptors (Lipinski definition) is 4. The topological polar surface area (TPSA) is 71.4 Å². The molecule has 0 aliphatic carbocycles. The van der Waals surface area contributed by atoms with E-state index < -0.39 is 5.92 Å². The third-order valence-electron chi connectivity index (χ3n) is 2.63. The number of anilines is 1. The summed E-state index contributed by atoms with van der Waals surface area (Å²) in [6, 6.07) is 6.88. The number of halogens is 1. The Balaban J connectivity index is 2.68. The molecular weight excluding hydrogens is 280 g/mol. The second-order valence-corrected chi connectivity index (χ2v) is 4.47. The van der Waals surface area contributed by atoms with Gasteiger partial charge in [-0.2, -0.15) is 5.26 Å². The predicted octanol–water partition coefficient (Wildman–Crippen LogP) is 2.85. The van der Waals surface area contributed by atoms with Gasteiger partial charge in [0.15, 0.2) is 0 Å². The number of benzene rings is 1. The van der Waals surface area contributed by atoms with Crippen molar-refractivity contribution in [2.24, 2.45) is 5.92 Å². The number of amides is 1. The summed E-state index contributed by atoms with van der Waals surface area (Å²) < 4.78 is 10.3. The molecule has 1 unspecified atom stereocenters. The molecule has 5 nitrogen and oxygen atoms in total. The van der Waals surface area contributed by atoms with Gasteiger partial charge in [-0.1, -0.05) is 18.5 Å². The highest BCUT2D eigenvalue weighted by molar-refractivity contribution is 6.32. The number of rotatable bonds is 7. The Bertz CT molecular complexity index is 500. The van der Waals surface area contributed by atoms with Crippen LogP contribution in [0, 0.1) is 17.2 Å². The van der Waals surface area contributed by atoms with Crippen molar-refractivity contribution < 1.29 is 14.3 Å². The van der Waals surface area contributed by atoms with Gasteiger partial charge < -0.3 is 14.8 Å². The van der Waals surface area contributed by atoms with Crippen LogP contribution in [0.15, 0.2) is 18.2 Å². The number of ether oxygens (including phenoxy) is 2. The van der Waals surface area contributed by atoms with Gasteiger partial charge >= 0.3 is 0 Å². The van der Waals surface area contributed by atoms with Gasteiger partial charge in [0.2, 0.25) is 5.91 Å². The van der Waals surface area contributed by atoms with Crippen LogP contribution in [0.1, 0.15) is 13.3 Å². The van der Waals surface area contributed by atoms with Crippen LogP contribution in [0.3, 0.4) is 0 Å². The highest BCUT2D eigenvalue weighted by atomic mass is 35.5. The lowest BCUT2D eigenvalue weighted by Gasteiger charge is -2.11. The largest absolute Gasteiger partial charge is 0.490 e. The van der Waals surface area contributed by atoms with Crippen molar-refractivity contribution in [1.82, 2.24) is 0 Å². The van der Waals surface area contributed by atoms with Gasteiger partial charge in [0.25, 0.3) is 0 Å². The Morgan fingerprint density at radius 1 is 1.50 bits per heavy atom. The van der Waals surface area contributed by atoms with Crippen LogP contribution in [0.2, 0.25) is 5.02 Å². The number of hydrogen-bond donors (Lipinski definition) is 1. The summed E-state index contributed by atoms with van der Waals surface area (Å²) in [4.78, 5) is 11.8. The van der Waals surface area contributed by atoms with Crippen LogP contribution in [0.25, 0.3) is 0 Å². The Hall–Kier alpha value is -1.77. The number of methoxy groups -OCH3 is 1. The van der Waals surface area contributed by atoms with Gasteiger partial charge in [-0.05, 0) is 24.6 Å². The van der Waals surface area contributed by atoms with Crippen LogP contribution < -0.4 is 10.1 Å². The molecule has 0 heterocycles. The van der Waals surface area contributed by atoms with E-state index in [9.17, 15) is 4.79 Å². The third kappa shape index (κ3) is 4.72. The third-order valence-corrected chi connectivity index (χ3v) is 2.92. The predicted molar refractivity (Wildman–Crippen MR) is 76.8 cm³/mol. The van der Waals surface area contributed by atoms with Crippen LogP contribution in [0.4, 0.5) is 5.69 Å². The first-order valence-corrected chi connectivity index (χ1v) is 6.62. The van der Waals surface area contributed by atoms with Gasteiger partial charge in [-0.3, -0.25) is 4.79 Å². The smallest absolute Gasteiger partial charge is 0.241 e. The van der Waals surface area contributed by atoms with E-state index in [2.05, 4.69) is 5.32 Å². The molecule has 108 valence electrons. The molecular formula is C14H17ClN2O3. The lowest BCUT2D eigenvalue weighted by molar-refractivity contribution is -0.118. The summed E-state index contributed by atoms with van der Waals surface area (Å²) in [7, 11) is 1.59. The minimum Gasteiger partial charge on any atom is -0.490 e. The zero-order chi connectivity index (χ0) is 15.0. The monoisotopic (exact) mass is 296 g/mol. The molecule has 0 saturated carbocycles. The summed E-state index contributed by atoms with van der Waals surface area (Å²) in [5, 5.41) is 11.9. The standard InChI is InChI=1S/C14H17ClN2O3/c1-3-10(9-16)14(18)17-11-4-5-13(12(15)8-11)20-7-6-19-2/h4-5,8,10H,3,6-7H2,1-2H3,(H,17,18). The van der Waals surface area contributed by atoms with E-state index in [1.165, 1.54) is 0 Å². The molecule has 1 rings (SSSR count). The lowest BCUT2D eigenvalue weighted by atomic mass is 10.1. The molecule has 0 saturated heterocycles. The summed E-state index contributed by atoms with van der Waals surface area (Å²) >= 11 is 6.06. The number of carbonyl (C=O) groups is 1. The van der Waals surface area contributed by atoms with E-state index in [1.807, 2.05) is 6.07 Å². The van der Waals surface area contributed by atoms with Crippen molar-refractivity contribution in [3.05, 3.63) is 23.2 Å². The maximum atomic E-state index is 11.8. The van der Waals surface area contributed by atoms with Gasteiger partial charge in [0, 0.05) is 12.8 Å². The first-order valence-electron chi connectivity index (χ1n) is 6.24. The highest BCUT2D eigenvalue weighted by Crippen LogP contribution is 2.27. The maximum absolute atomic E-state index is 11.8. The fraction of sp³-hybridized carbons (Fsp3) is 0.429. The Morgan fingerprint density at radius 3 is 2.80 bits per heavy atom. The molecule has 0 fully saturated rings. The minimum absolute atomic E-state index is 0.334. The quantitative estimate of drug-likeness (QED) is 0.785. The number of carbonyl (C=O) groups excluding carboxylic acids is 1. The van der Waals surface area contributed by atoms with Gasteiger partial charge in [-0.25, -0.2) is 0 Å². The summed E-state index contributed by atoms with van der Waals surface area (Å²) in [6.45, 7) is 2.65. The van der Waals surface area contributed by atoms with Crippen molar-refractivity contribution >= 4 is 23.2 Å². The normalized spacial score (nSPS) is 11.5. The lowest BCUT2D eigenvalue weighted by Crippen LogP contribution is -2.20. The first-order chi connectivity index (χ1) is 9.62. The number of nitrogens with one attached hydrogen (secondary N) is 1. The van der Waals surface area contributed by atoms with Crippen LogP contribution >= 0.6 is 11.6 Å². The SMILES string of the molecule is CCC(C#N)C(=O)Nc1ccc(OCCOC)c(Cl)c1. The van der Waals surface area contributed by atoms with E-state index in [0.29, 0.717) is 36.1 Å². The molecule has 6 heteroatoms. The molecule has 0 aliphatic rings. The zero-order valence-electron chi connectivity index (χ0n) is 11.5. The van der Waals surface area contributed by atoms with Crippen molar-refractivity contribution in [1.29, 1.82) is 5.26 Å². The molecule has 0 spiro atoms. The molecule has 20 heavy (non-hydrogen) atoms. The molecule has 1 aromatic rings. The zero-order valence-corrected chi connectivity index (χ0v) is 12.2. The van der Waals surface area contributed by atoms with Crippen LogP contribution in [-0.2, 0) is 9.53 Å². The van der Waals surface area contributed by atoms with E-state index in [-0.39, 0.29) is 5.91 Å². The number of nitrogens with zero attached hydrogens (tertiary/aromatic N) is 1. The molecule has 1 amide bonds. The summed E-state index contributed by atoms with van der Waals surface area (Å²) in [5.41, 5.74) is 0.535. The molecule has 0 aromatic heterocycles. The molecule has 1 atom stereocenters. The molecule has 1 N–H and O–H groups in total. The van der Waals surface area contributed by atoms with E-state index >= 15 is 0 Å².